The average Bonchev–Trinajstić information content (AvgIpc) is 3.89. The molecule has 8 rings (SSSR count). The van der Waals surface area contributed by atoms with E-state index in [0.717, 1.165) is 5.69 Å². The highest BCUT2D eigenvalue weighted by molar-refractivity contribution is 6.08. The second-order valence-corrected chi connectivity index (χ2v) is 15.2. The summed E-state index contributed by atoms with van der Waals surface area (Å²) in [7, 11) is 1.66. The molecule has 3 fully saturated rings. The fourth-order valence-corrected chi connectivity index (χ4v) is 8.88. The van der Waals surface area contributed by atoms with E-state index < -0.39 is 36.4 Å². The summed E-state index contributed by atoms with van der Waals surface area (Å²) in [6.07, 6.45) is 4.69. The van der Waals surface area contributed by atoms with Crippen molar-refractivity contribution in [1.29, 1.82) is 0 Å². The van der Waals surface area contributed by atoms with Gasteiger partial charge in [-0.05, 0) is 69.1 Å². The second-order valence-electron chi connectivity index (χ2n) is 15.2. The average molecular weight is 794 g/mol. The van der Waals surface area contributed by atoms with Gasteiger partial charge in [0.05, 0.1) is 41.2 Å². The Morgan fingerprint density at radius 1 is 1.02 bits per heavy atom. The van der Waals surface area contributed by atoms with Crippen molar-refractivity contribution in [2.24, 2.45) is 13.0 Å². The van der Waals surface area contributed by atoms with Gasteiger partial charge < -0.3 is 10.2 Å². The minimum atomic E-state index is -2.92. The number of alkyl halides is 4. The molecule has 5 aromatic rings. The fraction of sp³-hybridized carbons (Fsp3) is 0.500. The molecule has 6 heterocycles. The van der Waals surface area contributed by atoms with Crippen molar-refractivity contribution in [1.82, 2.24) is 43.7 Å². The molecule has 2 saturated heterocycles. The summed E-state index contributed by atoms with van der Waals surface area (Å²) in [5.74, 6) is -1.37. The molecule has 1 aromatic carbocycles. The van der Waals surface area contributed by atoms with Crippen molar-refractivity contribution in [2.75, 3.05) is 36.4 Å². The number of rotatable bonds is 11. The highest BCUT2D eigenvalue weighted by Gasteiger charge is 2.35. The Morgan fingerprint density at radius 3 is 2.51 bits per heavy atom. The molecule has 2 aliphatic heterocycles. The zero-order chi connectivity index (χ0) is 40.0. The maximum Gasteiger partial charge on any atom is 0.329 e. The van der Waals surface area contributed by atoms with E-state index in [1.165, 1.54) is 36.9 Å². The molecule has 3 amide bonds. The number of nitrogens with zero attached hydrogens (tertiary/aromatic N) is 9. The second kappa shape index (κ2) is 15.7. The Labute approximate surface area is 323 Å². The van der Waals surface area contributed by atoms with Crippen LogP contribution in [0.5, 0.6) is 0 Å². The molecule has 3 aliphatic rings. The smallest absolute Gasteiger partial charge is 0.329 e. The molecular formula is C38H43F4N11O4. The van der Waals surface area contributed by atoms with Crippen LogP contribution in [0.4, 0.5) is 28.9 Å². The number of imidazole rings is 1. The zero-order valence-corrected chi connectivity index (χ0v) is 31.2. The topological polar surface area (TPSA) is 157 Å². The van der Waals surface area contributed by atoms with Crippen LogP contribution in [0.3, 0.4) is 0 Å². The minimum Gasteiger partial charge on any atom is -0.370 e. The monoisotopic (exact) mass is 793 g/mol. The number of para-hydroxylation sites is 1. The fourth-order valence-electron chi connectivity index (χ4n) is 8.88. The number of piperidine rings is 2. The van der Waals surface area contributed by atoms with Crippen LogP contribution < -0.4 is 21.2 Å². The van der Waals surface area contributed by atoms with Crippen molar-refractivity contribution >= 4 is 45.8 Å². The summed E-state index contributed by atoms with van der Waals surface area (Å²) in [5.41, 5.74) is 1.52. The van der Waals surface area contributed by atoms with E-state index >= 15 is 0 Å². The Balaban J connectivity index is 0.906. The maximum atomic E-state index is 14.1. The van der Waals surface area contributed by atoms with Crippen molar-refractivity contribution in [2.45, 2.75) is 82.3 Å². The van der Waals surface area contributed by atoms with Gasteiger partial charge in [0.25, 0.3) is 18.8 Å². The largest absolute Gasteiger partial charge is 0.370 e. The summed E-state index contributed by atoms with van der Waals surface area (Å²) < 4.78 is 62.1. The molecule has 1 atom stereocenters. The lowest BCUT2D eigenvalue weighted by atomic mass is 9.85. The molecule has 1 aliphatic carbocycles. The van der Waals surface area contributed by atoms with Gasteiger partial charge in [0.2, 0.25) is 11.8 Å². The van der Waals surface area contributed by atoms with E-state index in [2.05, 4.69) is 30.7 Å². The molecule has 1 unspecified atom stereocenters. The lowest BCUT2D eigenvalue weighted by Crippen LogP contribution is -2.48. The number of aromatic nitrogens is 7. The Hall–Kier alpha value is -5.59. The molecule has 57 heavy (non-hydrogen) atoms. The van der Waals surface area contributed by atoms with Crippen LogP contribution in [-0.4, -0.2) is 94.8 Å². The van der Waals surface area contributed by atoms with Crippen molar-refractivity contribution in [3.05, 3.63) is 70.8 Å². The first-order valence-electron chi connectivity index (χ1n) is 19.2. The van der Waals surface area contributed by atoms with Gasteiger partial charge in [0.15, 0.2) is 11.3 Å². The zero-order valence-electron chi connectivity index (χ0n) is 31.2. The predicted octanol–water partition coefficient (Wildman–Crippen LogP) is 4.71. The van der Waals surface area contributed by atoms with Crippen molar-refractivity contribution in [3.8, 4) is 0 Å². The normalized spacial score (nSPS) is 21.1. The van der Waals surface area contributed by atoms with Crippen LogP contribution in [0.1, 0.15) is 85.9 Å². The van der Waals surface area contributed by atoms with Gasteiger partial charge in [0.1, 0.15) is 11.6 Å². The number of fused-ring (bicyclic) bond motifs is 2. The highest BCUT2D eigenvalue weighted by Crippen LogP contribution is 2.37. The Kier molecular flexibility index (Phi) is 10.6. The molecule has 4 aromatic heterocycles. The number of anilines is 2. The summed E-state index contributed by atoms with van der Waals surface area (Å²) in [5, 5.41) is 13.2. The van der Waals surface area contributed by atoms with Gasteiger partial charge in [-0.3, -0.25) is 38.4 Å². The molecule has 15 nitrogen and oxygen atoms in total. The molecule has 0 bridgehead atoms. The number of hydrogen-bond acceptors (Lipinski definition) is 9. The van der Waals surface area contributed by atoms with Crippen LogP contribution in [0, 0.1) is 5.92 Å². The maximum absolute atomic E-state index is 14.1. The third-order valence-electron chi connectivity index (χ3n) is 11.7. The molecule has 19 heteroatoms. The van der Waals surface area contributed by atoms with Crippen LogP contribution in [0.2, 0.25) is 0 Å². The van der Waals surface area contributed by atoms with Gasteiger partial charge in [-0.15, -0.1) is 0 Å². The summed E-state index contributed by atoms with van der Waals surface area (Å²) >= 11 is 0. The van der Waals surface area contributed by atoms with Crippen LogP contribution in [0.15, 0.2) is 53.8 Å². The van der Waals surface area contributed by atoms with E-state index in [-0.39, 0.29) is 65.9 Å². The number of carbonyl (C=O) groups is 3. The van der Waals surface area contributed by atoms with E-state index in [9.17, 15) is 36.7 Å². The van der Waals surface area contributed by atoms with Crippen LogP contribution in [-0.2, 0) is 16.6 Å². The van der Waals surface area contributed by atoms with Gasteiger partial charge in [-0.1, -0.05) is 6.07 Å². The lowest BCUT2D eigenvalue weighted by Gasteiger charge is -2.41. The number of imide groups is 1. The molecule has 1 saturated carbocycles. The van der Waals surface area contributed by atoms with E-state index in [1.54, 1.807) is 25.4 Å². The standard InChI is InChI=1S/C38H43F4N11O4/c1-48-33-27(4-2-5-28(33)53(38(48)57)29-10-11-31(54)46-37(29)56)49-16-12-23(13-17-49)50(21-30(39)40)19-22-6-8-24(9-7-22)52-20-26(32(47-52)34(41)42)45-36(55)25-18-44-51-15-3-14-43-35(25)51/h2-5,14-15,18,20,22-24,29-30,34H,6-13,16-17,19,21H2,1H3,(H,45,55)(H,46,54,56). The van der Waals surface area contributed by atoms with Crippen molar-refractivity contribution in [3.63, 3.8) is 0 Å². The molecular weight excluding hydrogens is 750 g/mol. The minimum absolute atomic E-state index is 0.0849. The van der Waals surface area contributed by atoms with Gasteiger partial charge in [0, 0.05) is 57.7 Å². The Morgan fingerprint density at radius 2 is 1.79 bits per heavy atom. The first kappa shape index (κ1) is 38.3. The number of hydrogen-bond donors (Lipinski definition) is 2. The highest BCUT2D eigenvalue weighted by atomic mass is 19.3. The van der Waals surface area contributed by atoms with Crippen LogP contribution >= 0.6 is 0 Å². The lowest BCUT2D eigenvalue weighted by molar-refractivity contribution is -0.135. The number of aryl methyl sites for hydroxylation is 1. The van der Waals surface area contributed by atoms with Crippen molar-refractivity contribution < 1.29 is 31.9 Å². The third-order valence-corrected chi connectivity index (χ3v) is 11.7. The molecule has 2 N–H and O–H groups in total. The van der Waals surface area contributed by atoms with Gasteiger partial charge in [-0.25, -0.2) is 31.9 Å². The third kappa shape index (κ3) is 7.51. The number of carbonyl (C=O) groups excluding carboxylic acids is 3. The quantitative estimate of drug-likeness (QED) is 0.143. The number of benzene rings is 1. The van der Waals surface area contributed by atoms with E-state index in [4.69, 9.17) is 0 Å². The number of nitrogens with one attached hydrogen (secondary N) is 2. The number of amides is 3. The first-order valence-corrected chi connectivity index (χ1v) is 19.2. The predicted molar refractivity (Wildman–Crippen MR) is 201 cm³/mol. The molecule has 302 valence electrons. The Bertz CT molecular complexity index is 2350. The van der Waals surface area contributed by atoms with Gasteiger partial charge in [-0.2, -0.15) is 10.2 Å². The summed E-state index contributed by atoms with van der Waals surface area (Å²) in [4.78, 5) is 59.2. The summed E-state index contributed by atoms with van der Waals surface area (Å²) in [6, 6.07) is 6.12. The molecule has 0 spiro atoms. The SMILES string of the molecule is Cn1c(=O)n(C2CCC(=O)NC2=O)c2cccc(N3CCC(N(CC(F)F)CC4CCC(n5cc(NC(=O)c6cnn7cccnc67)c(C(F)F)n5)CC4)CC3)c21. The van der Waals surface area contributed by atoms with Crippen LogP contribution in [0.25, 0.3) is 16.7 Å². The summed E-state index contributed by atoms with van der Waals surface area (Å²) in [6.45, 7) is 1.28. The van der Waals surface area contributed by atoms with E-state index in [0.29, 0.717) is 69.2 Å². The van der Waals surface area contributed by atoms with E-state index in [1.807, 2.05) is 17.0 Å². The number of halogens is 4. The van der Waals surface area contributed by atoms with Gasteiger partial charge >= 0.3 is 5.69 Å². The first-order chi connectivity index (χ1) is 27.5. The molecule has 0 radical (unpaired) electrons.